The first kappa shape index (κ1) is 42.6. The number of carbonyl (C=O) groups is 3. The van der Waals surface area contributed by atoms with Gasteiger partial charge in [0.25, 0.3) is 5.91 Å². The van der Waals surface area contributed by atoms with Gasteiger partial charge in [0.15, 0.2) is 15.7 Å². The minimum absolute atomic E-state index is 0.167. The van der Waals surface area contributed by atoms with E-state index in [1.807, 2.05) is 19.1 Å². The number of imide groups is 1. The quantitative estimate of drug-likeness (QED) is 0.0704. The lowest BCUT2D eigenvalue weighted by Gasteiger charge is -2.33. The molecule has 0 bridgehead atoms. The van der Waals surface area contributed by atoms with Gasteiger partial charge >= 0.3 is 0 Å². The van der Waals surface area contributed by atoms with Gasteiger partial charge in [-0.2, -0.15) is 4.98 Å². The summed E-state index contributed by atoms with van der Waals surface area (Å²) in [7, 11) is -3.57. The van der Waals surface area contributed by atoms with E-state index in [9.17, 15) is 22.8 Å². The minimum Gasteiger partial charge on any atom is -0.492 e. The van der Waals surface area contributed by atoms with Gasteiger partial charge in [0.2, 0.25) is 17.8 Å². The van der Waals surface area contributed by atoms with Gasteiger partial charge in [-0.05, 0) is 132 Å². The lowest BCUT2D eigenvalue weighted by Crippen LogP contribution is -2.52. The molecular formula is C45H50ClN7O6S. The zero-order chi connectivity index (χ0) is 42.6. The van der Waals surface area contributed by atoms with Crippen molar-refractivity contribution in [2.24, 2.45) is 0 Å². The Balaban J connectivity index is 0.943. The molecule has 13 nitrogen and oxygen atoms in total. The normalized spacial score (nSPS) is 17.3. The number of nitrogens with one attached hydrogen (secondary N) is 3. The molecule has 3 aliphatic heterocycles. The SMILES string of the molecule is CCOc1cc(C2CCN(CCCC#Cc3cccc4c3CN(C3CCC(=O)NC3=O)C4=O)CC2)c(C)cc1Nc1ncc(Cl)c(Nc2ccccc2S(=O)(=O)C(C)C)n1. The fourth-order valence-electron chi connectivity index (χ4n) is 8.07. The highest BCUT2D eigenvalue weighted by molar-refractivity contribution is 7.92. The third kappa shape index (κ3) is 9.28. The summed E-state index contributed by atoms with van der Waals surface area (Å²) in [5, 5.41) is 8.40. The summed E-state index contributed by atoms with van der Waals surface area (Å²) in [4.78, 5) is 50.5. The number of aromatic nitrogens is 2. The predicted octanol–water partition coefficient (Wildman–Crippen LogP) is 7.28. The molecule has 0 aliphatic carbocycles. The molecule has 3 amide bonds. The lowest BCUT2D eigenvalue weighted by atomic mass is 9.86. The molecule has 7 rings (SSSR count). The zero-order valence-corrected chi connectivity index (χ0v) is 35.9. The monoisotopic (exact) mass is 851 g/mol. The Hall–Kier alpha value is -5.49. The molecule has 0 spiro atoms. The average molecular weight is 852 g/mol. The second kappa shape index (κ2) is 18.4. The van der Waals surface area contributed by atoms with Gasteiger partial charge in [0.05, 0.1) is 34.3 Å². The van der Waals surface area contributed by atoms with Crippen molar-refractivity contribution in [3.8, 4) is 17.6 Å². The first-order valence-electron chi connectivity index (χ1n) is 20.5. The first-order chi connectivity index (χ1) is 28.8. The van der Waals surface area contributed by atoms with E-state index in [0.29, 0.717) is 48.2 Å². The fourth-order valence-corrected chi connectivity index (χ4v) is 9.41. The van der Waals surface area contributed by atoms with Gasteiger partial charge in [-0.25, -0.2) is 13.4 Å². The molecule has 15 heteroatoms. The van der Waals surface area contributed by atoms with Crippen LogP contribution in [0.2, 0.25) is 5.02 Å². The highest BCUT2D eigenvalue weighted by Crippen LogP contribution is 2.38. The summed E-state index contributed by atoms with van der Waals surface area (Å²) in [6, 6.07) is 15.8. The smallest absolute Gasteiger partial charge is 0.255 e. The molecule has 60 heavy (non-hydrogen) atoms. The number of hydrogen-bond acceptors (Lipinski definition) is 11. The number of hydrogen-bond donors (Lipinski definition) is 3. The summed E-state index contributed by atoms with van der Waals surface area (Å²) >= 11 is 6.49. The van der Waals surface area contributed by atoms with E-state index in [2.05, 4.69) is 61.7 Å². The van der Waals surface area contributed by atoms with Gasteiger partial charge in [-0.3, -0.25) is 19.7 Å². The molecule has 2 saturated heterocycles. The van der Waals surface area contributed by atoms with Crippen molar-refractivity contribution in [3.63, 3.8) is 0 Å². The number of ether oxygens (including phenoxy) is 1. The number of sulfone groups is 1. The highest BCUT2D eigenvalue weighted by atomic mass is 35.5. The van der Waals surface area contributed by atoms with Crippen LogP contribution in [0.15, 0.2) is 65.7 Å². The molecule has 3 aliphatic rings. The van der Waals surface area contributed by atoms with Crippen molar-refractivity contribution >= 4 is 62.3 Å². The van der Waals surface area contributed by atoms with Crippen LogP contribution < -0.4 is 20.7 Å². The first-order valence-corrected chi connectivity index (χ1v) is 22.4. The van der Waals surface area contributed by atoms with Crippen molar-refractivity contribution in [3.05, 3.63) is 93.6 Å². The number of anilines is 4. The van der Waals surface area contributed by atoms with Gasteiger partial charge in [-0.15, -0.1) is 0 Å². The summed E-state index contributed by atoms with van der Waals surface area (Å²) in [6.07, 6.45) is 5.70. The highest BCUT2D eigenvalue weighted by Gasteiger charge is 2.39. The number of para-hydroxylation sites is 1. The summed E-state index contributed by atoms with van der Waals surface area (Å²) in [5.74, 6) is 7.29. The van der Waals surface area contributed by atoms with Gasteiger partial charge < -0.3 is 25.2 Å². The van der Waals surface area contributed by atoms with Crippen LogP contribution in [-0.4, -0.2) is 83.4 Å². The van der Waals surface area contributed by atoms with Crippen molar-refractivity contribution < 1.29 is 27.5 Å². The van der Waals surface area contributed by atoms with Crippen LogP contribution in [0.1, 0.15) is 97.8 Å². The number of halogens is 1. The Bertz CT molecular complexity index is 2480. The van der Waals surface area contributed by atoms with Crippen LogP contribution in [0.4, 0.5) is 23.1 Å². The number of unbranched alkanes of at least 4 members (excludes halogenated alkanes) is 1. The number of rotatable bonds is 13. The Morgan fingerprint density at radius 3 is 2.55 bits per heavy atom. The predicted molar refractivity (Wildman–Crippen MR) is 232 cm³/mol. The molecule has 1 aromatic heterocycles. The maximum atomic E-state index is 13.2. The van der Waals surface area contributed by atoms with Crippen LogP contribution in [-0.2, 0) is 26.0 Å². The Morgan fingerprint density at radius 1 is 1.02 bits per heavy atom. The second-order valence-corrected chi connectivity index (χ2v) is 18.5. The summed E-state index contributed by atoms with van der Waals surface area (Å²) < 4.78 is 32.2. The zero-order valence-electron chi connectivity index (χ0n) is 34.3. The fraction of sp³-hybridized carbons (Fsp3) is 0.400. The van der Waals surface area contributed by atoms with E-state index < -0.39 is 27.0 Å². The Morgan fingerprint density at radius 2 is 1.80 bits per heavy atom. The van der Waals surface area contributed by atoms with Crippen LogP contribution in [0, 0.1) is 18.8 Å². The van der Waals surface area contributed by atoms with E-state index in [1.54, 1.807) is 49.1 Å². The maximum absolute atomic E-state index is 13.2. The number of likely N-dealkylation sites (tertiary alicyclic amines) is 1. The second-order valence-electron chi connectivity index (χ2n) is 15.6. The molecule has 3 N–H and O–H groups in total. The van der Waals surface area contributed by atoms with E-state index in [1.165, 1.54) is 11.8 Å². The van der Waals surface area contributed by atoms with Crippen LogP contribution in [0.3, 0.4) is 0 Å². The molecule has 1 atom stereocenters. The number of benzene rings is 3. The standard InChI is InChI=1S/C45H50ClN7O6S/c1-5-59-39-25-33(29(4)24-37(39)49-45-47-26-35(46)42(51-45)48-36-15-8-9-16-40(36)60(57,58)28(2)3)31-19-22-52(23-20-31)21-10-6-7-12-30-13-11-14-32-34(30)27-53(44(32)56)38-17-18-41(54)50-43(38)55/h8-9,11,13-16,24-26,28,31,38H,5-6,10,17-23,27H2,1-4H3,(H,50,54,55)(H2,47,48,49,51). The number of nitrogens with zero attached hydrogens (tertiary/aromatic N) is 4. The molecule has 0 saturated carbocycles. The third-order valence-corrected chi connectivity index (χ3v) is 13.8. The number of aryl methyl sites for hydroxylation is 1. The van der Waals surface area contributed by atoms with Gasteiger partial charge in [0, 0.05) is 30.5 Å². The van der Waals surface area contributed by atoms with Gasteiger partial charge in [0.1, 0.15) is 16.8 Å². The van der Waals surface area contributed by atoms with Crippen molar-refractivity contribution in [1.29, 1.82) is 0 Å². The topological polar surface area (TPSA) is 163 Å². The number of piperidine rings is 2. The third-order valence-electron chi connectivity index (χ3n) is 11.3. The number of amides is 3. The largest absolute Gasteiger partial charge is 0.492 e. The molecule has 2 fully saturated rings. The maximum Gasteiger partial charge on any atom is 0.255 e. The summed E-state index contributed by atoms with van der Waals surface area (Å²) in [5.41, 5.74) is 5.69. The Labute approximate surface area is 356 Å². The summed E-state index contributed by atoms with van der Waals surface area (Å²) in [6.45, 7) is 11.0. The van der Waals surface area contributed by atoms with Crippen LogP contribution in [0.25, 0.3) is 0 Å². The van der Waals surface area contributed by atoms with E-state index >= 15 is 0 Å². The van der Waals surface area contributed by atoms with Crippen molar-refractivity contribution in [2.75, 3.05) is 36.9 Å². The van der Waals surface area contributed by atoms with Crippen LogP contribution in [0.5, 0.6) is 5.75 Å². The van der Waals surface area contributed by atoms with Crippen molar-refractivity contribution in [1.82, 2.24) is 25.1 Å². The molecule has 0 radical (unpaired) electrons. The van der Waals surface area contributed by atoms with Gasteiger partial charge in [-0.1, -0.05) is 41.6 Å². The Kier molecular flexibility index (Phi) is 13.1. The van der Waals surface area contributed by atoms with E-state index in [0.717, 1.165) is 62.0 Å². The molecule has 3 aromatic carbocycles. The van der Waals surface area contributed by atoms with E-state index in [-0.39, 0.29) is 39.9 Å². The molecular weight excluding hydrogens is 802 g/mol. The lowest BCUT2D eigenvalue weighted by molar-refractivity contribution is -0.136. The molecule has 4 heterocycles. The number of fused-ring (bicyclic) bond motifs is 1. The average Bonchev–Trinajstić information content (AvgIpc) is 3.56. The number of carbonyl (C=O) groups excluding carboxylic acids is 3. The molecule has 314 valence electrons. The van der Waals surface area contributed by atoms with Crippen LogP contribution >= 0.6 is 11.6 Å². The van der Waals surface area contributed by atoms with Crippen molar-refractivity contribution in [2.45, 2.75) is 94.9 Å². The molecule has 4 aromatic rings. The van der Waals surface area contributed by atoms with E-state index in [4.69, 9.17) is 16.3 Å². The molecule has 1 unspecified atom stereocenters. The minimum atomic E-state index is -3.57.